The monoisotopic (exact) mass is 152 g/mol. The van der Waals surface area contributed by atoms with Crippen molar-refractivity contribution < 1.29 is 4.79 Å². The Morgan fingerprint density at radius 3 is 2.73 bits per heavy atom. The molecule has 0 amide bonds. The molecular weight excluding hydrogens is 136 g/mol. The van der Waals surface area contributed by atoms with E-state index in [-0.39, 0.29) is 0 Å². The van der Waals surface area contributed by atoms with Gasteiger partial charge in [-0.05, 0) is 32.1 Å². The van der Waals surface area contributed by atoms with Crippen molar-refractivity contribution in [2.24, 2.45) is 5.92 Å². The summed E-state index contributed by atoms with van der Waals surface area (Å²) in [6.07, 6.45) is 8.27. The minimum atomic E-state index is 0.457. The third kappa shape index (κ3) is 3.35. The lowest BCUT2D eigenvalue weighted by molar-refractivity contribution is -0.120. The van der Waals surface area contributed by atoms with Crippen LogP contribution >= 0.6 is 0 Å². The van der Waals surface area contributed by atoms with Crippen LogP contribution in [-0.4, -0.2) is 5.78 Å². The van der Waals surface area contributed by atoms with E-state index in [0.717, 1.165) is 38.5 Å². The molecule has 0 aromatic rings. The summed E-state index contributed by atoms with van der Waals surface area (Å²) < 4.78 is 0. The number of allylic oxidation sites excluding steroid dienone is 1. The molecular formula is C10H16O. The Kier molecular flexibility index (Phi) is 3.34. The summed E-state index contributed by atoms with van der Waals surface area (Å²) in [4.78, 5) is 11.1. The first-order valence-electron chi connectivity index (χ1n) is 4.48. The van der Waals surface area contributed by atoms with Crippen molar-refractivity contribution in [3.63, 3.8) is 0 Å². The van der Waals surface area contributed by atoms with E-state index in [1.54, 1.807) is 0 Å². The summed E-state index contributed by atoms with van der Waals surface area (Å²) in [6.45, 7) is 3.64. The molecule has 11 heavy (non-hydrogen) atoms. The van der Waals surface area contributed by atoms with Gasteiger partial charge in [-0.1, -0.05) is 6.08 Å². The maximum Gasteiger partial charge on any atom is 0.135 e. The van der Waals surface area contributed by atoms with Crippen molar-refractivity contribution in [1.82, 2.24) is 0 Å². The van der Waals surface area contributed by atoms with Crippen LogP contribution in [0.1, 0.15) is 38.5 Å². The summed E-state index contributed by atoms with van der Waals surface area (Å²) in [5, 5.41) is 0. The van der Waals surface area contributed by atoms with Crippen LogP contribution in [0.4, 0.5) is 0 Å². The summed E-state index contributed by atoms with van der Waals surface area (Å²) in [7, 11) is 0. The molecule has 0 unspecified atom stereocenters. The Hall–Kier alpha value is -0.590. The second kappa shape index (κ2) is 4.32. The number of carbonyl (C=O) groups excluding carboxylic acids is 1. The highest BCUT2D eigenvalue weighted by molar-refractivity contribution is 5.82. The lowest BCUT2D eigenvalue weighted by Gasteiger charge is -1.95. The highest BCUT2D eigenvalue weighted by atomic mass is 16.1. The van der Waals surface area contributed by atoms with Crippen LogP contribution in [0.3, 0.4) is 0 Å². The number of Topliss-reactive ketones (excluding diaryl/α,β-unsaturated/α-hetero) is 1. The summed E-state index contributed by atoms with van der Waals surface area (Å²) >= 11 is 0. The molecule has 0 atom stereocenters. The molecule has 0 aromatic heterocycles. The fraction of sp³-hybridized carbons (Fsp3) is 0.700. The van der Waals surface area contributed by atoms with Crippen LogP contribution in [0.15, 0.2) is 12.7 Å². The molecule has 1 aliphatic rings. The zero-order valence-corrected chi connectivity index (χ0v) is 7.01. The zero-order valence-electron chi connectivity index (χ0n) is 7.01. The molecule has 1 saturated carbocycles. The highest BCUT2D eigenvalue weighted by Crippen LogP contribution is 2.31. The number of unbranched alkanes of at least 4 members (excludes halogenated alkanes) is 2. The molecule has 0 saturated heterocycles. The minimum Gasteiger partial charge on any atom is -0.299 e. The molecule has 1 nitrogen and oxygen atoms in total. The van der Waals surface area contributed by atoms with E-state index in [1.807, 2.05) is 6.08 Å². The van der Waals surface area contributed by atoms with Gasteiger partial charge in [-0.3, -0.25) is 4.79 Å². The highest BCUT2D eigenvalue weighted by Gasteiger charge is 2.28. The van der Waals surface area contributed by atoms with Gasteiger partial charge in [0.05, 0.1) is 0 Å². The van der Waals surface area contributed by atoms with Gasteiger partial charge < -0.3 is 0 Å². The van der Waals surface area contributed by atoms with E-state index in [0.29, 0.717) is 11.7 Å². The van der Waals surface area contributed by atoms with Crippen LogP contribution in [-0.2, 0) is 4.79 Å². The SMILES string of the molecule is C=CCCCCC(=O)C1CC1. The summed E-state index contributed by atoms with van der Waals surface area (Å²) in [5.41, 5.74) is 0. The molecule has 0 aliphatic heterocycles. The summed E-state index contributed by atoms with van der Waals surface area (Å²) in [6, 6.07) is 0. The fourth-order valence-corrected chi connectivity index (χ4v) is 1.20. The Morgan fingerprint density at radius 1 is 1.45 bits per heavy atom. The van der Waals surface area contributed by atoms with Gasteiger partial charge in [-0.15, -0.1) is 6.58 Å². The Bertz CT molecular complexity index is 145. The van der Waals surface area contributed by atoms with Crippen molar-refractivity contribution in [3.8, 4) is 0 Å². The average Bonchev–Trinajstić information content (AvgIpc) is 2.79. The topological polar surface area (TPSA) is 17.1 Å². The molecule has 1 fully saturated rings. The zero-order chi connectivity index (χ0) is 8.10. The first-order chi connectivity index (χ1) is 5.34. The predicted octanol–water partition coefficient (Wildman–Crippen LogP) is 2.71. The van der Waals surface area contributed by atoms with E-state index in [4.69, 9.17) is 0 Å². The lowest BCUT2D eigenvalue weighted by Crippen LogP contribution is -1.98. The van der Waals surface area contributed by atoms with Gasteiger partial charge in [0.25, 0.3) is 0 Å². The van der Waals surface area contributed by atoms with Crippen LogP contribution in [0.25, 0.3) is 0 Å². The minimum absolute atomic E-state index is 0.457. The normalized spacial score (nSPS) is 16.4. The van der Waals surface area contributed by atoms with E-state index >= 15 is 0 Å². The smallest absolute Gasteiger partial charge is 0.135 e. The van der Waals surface area contributed by atoms with Gasteiger partial charge in [-0.25, -0.2) is 0 Å². The maximum atomic E-state index is 11.1. The van der Waals surface area contributed by atoms with Crippen LogP contribution < -0.4 is 0 Å². The Labute approximate surface area is 68.5 Å². The third-order valence-corrected chi connectivity index (χ3v) is 2.11. The number of rotatable bonds is 6. The molecule has 0 heterocycles. The summed E-state index contributed by atoms with van der Waals surface area (Å²) in [5.74, 6) is 0.952. The quantitative estimate of drug-likeness (QED) is 0.422. The van der Waals surface area contributed by atoms with Gasteiger partial charge in [0.2, 0.25) is 0 Å². The second-order valence-corrected chi connectivity index (χ2v) is 3.28. The van der Waals surface area contributed by atoms with Crippen molar-refractivity contribution in [1.29, 1.82) is 0 Å². The first kappa shape index (κ1) is 8.51. The van der Waals surface area contributed by atoms with E-state index in [1.165, 1.54) is 0 Å². The predicted molar refractivity (Wildman–Crippen MR) is 46.4 cm³/mol. The molecule has 0 spiro atoms. The van der Waals surface area contributed by atoms with Gasteiger partial charge in [0, 0.05) is 12.3 Å². The van der Waals surface area contributed by atoms with Crippen LogP contribution in [0, 0.1) is 5.92 Å². The van der Waals surface area contributed by atoms with Crippen LogP contribution in [0.5, 0.6) is 0 Å². The molecule has 62 valence electrons. The number of ketones is 1. The van der Waals surface area contributed by atoms with Gasteiger partial charge in [0.15, 0.2) is 0 Å². The fourth-order valence-electron chi connectivity index (χ4n) is 1.20. The van der Waals surface area contributed by atoms with Crippen LogP contribution in [0.2, 0.25) is 0 Å². The molecule has 1 aliphatic carbocycles. The molecule has 0 radical (unpaired) electrons. The molecule has 1 rings (SSSR count). The van der Waals surface area contributed by atoms with E-state index in [9.17, 15) is 4.79 Å². The third-order valence-electron chi connectivity index (χ3n) is 2.11. The molecule has 0 N–H and O–H groups in total. The number of carbonyl (C=O) groups is 1. The van der Waals surface area contributed by atoms with Gasteiger partial charge in [0.1, 0.15) is 5.78 Å². The molecule has 1 heteroatoms. The largest absolute Gasteiger partial charge is 0.299 e. The molecule has 0 bridgehead atoms. The van der Waals surface area contributed by atoms with Gasteiger partial charge >= 0.3 is 0 Å². The van der Waals surface area contributed by atoms with Crippen molar-refractivity contribution in [2.75, 3.05) is 0 Å². The van der Waals surface area contributed by atoms with Gasteiger partial charge in [-0.2, -0.15) is 0 Å². The van der Waals surface area contributed by atoms with Crippen molar-refractivity contribution >= 4 is 5.78 Å². The van der Waals surface area contributed by atoms with Crippen molar-refractivity contribution in [3.05, 3.63) is 12.7 Å². The van der Waals surface area contributed by atoms with E-state index in [2.05, 4.69) is 6.58 Å². The second-order valence-electron chi connectivity index (χ2n) is 3.28. The van der Waals surface area contributed by atoms with Crippen molar-refractivity contribution in [2.45, 2.75) is 38.5 Å². The number of hydrogen-bond acceptors (Lipinski definition) is 1. The standard InChI is InChI=1S/C10H16O/c1-2-3-4-5-6-10(11)9-7-8-9/h2,9H,1,3-8H2. The Morgan fingerprint density at radius 2 is 2.18 bits per heavy atom. The molecule has 0 aromatic carbocycles. The Balaban J connectivity index is 1.93. The first-order valence-corrected chi connectivity index (χ1v) is 4.48. The number of hydrogen-bond donors (Lipinski definition) is 0. The lowest BCUT2D eigenvalue weighted by atomic mass is 10.1. The van der Waals surface area contributed by atoms with E-state index < -0.39 is 0 Å². The average molecular weight is 152 g/mol. The maximum absolute atomic E-state index is 11.1.